The molecule has 0 bridgehead atoms. The Hall–Kier alpha value is -1.79. The zero-order valence-electron chi connectivity index (χ0n) is 19.2. The largest absolute Gasteiger partial charge is 0.352 e. The van der Waals surface area contributed by atoms with Crippen molar-refractivity contribution in [1.29, 1.82) is 0 Å². The maximum absolute atomic E-state index is 13.3. The quantitative estimate of drug-likeness (QED) is 0.459. The molecule has 1 aliphatic rings. The summed E-state index contributed by atoms with van der Waals surface area (Å²) in [7, 11) is 0. The van der Waals surface area contributed by atoms with Crippen LogP contribution in [0.3, 0.4) is 0 Å². The van der Waals surface area contributed by atoms with Crippen LogP contribution in [0.2, 0.25) is 0 Å². The van der Waals surface area contributed by atoms with Crippen LogP contribution in [0.25, 0.3) is 0 Å². The molecule has 0 radical (unpaired) electrons. The Bertz CT molecular complexity index is 923. The van der Waals surface area contributed by atoms with E-state index < -0.39 is 6.04 Å². The summed E-state index contributed by atoms with van der Waals surface area (Å²) in [6.45, 7) is 6.45. The second-order valence-electron chi connectivity index (χ2n) is 8.81. The van der Waals surface area contributed by atoms with Crippen LogP contribution in [-0.4, -0.2) is 34.6 Å². The van der Waals surface area contributed by atoms with Gasteiger partial charge in [-0.3, -0.25) is 9.59 Å². The van der Waals surface area contributed by atoms with Crippen molar-refractivity contribution in [2.75, 3.05) is 5.75 Å². The number of benzene rings is 2. The van der Waals surface area contributed by atoms with E-state index in [9.17, 15) is 9.59 Å². The first-order valence-electron chi connectivity index (χ1n) is 11.3. The summed E-state index contributed by atoms with van der Waals surface area (Å²) in [6.07, 6.45) is 4.39. The molecule has 2 aromatic carbocycles. The lowest BCUT2D eigenvalue weighted by Gasteiger charge is -2.29. The third kappa shape index (κ3) is 7.38. The molecule has 2 aromatic rings. The van der Waals surface area contributed by atoms with Crippen LogP contribution in [0.4, 0.5) is 0 Å². The van der Waals surface area contributed by atoms with Gasteiger partial charge in [-0.15, -0.1) is 11.8 Å². The molecule has 0 unspecified atom stereocenters. The van der Waals surface area contributed by atoms with Gasteiger partial charge in [0.1, 0.15) is 6.04 Å². The lowest BCUT2D eigenvalue weighted by molar-refractivity contribution is -0.138. The molecule has 1 N–H and O–H groups in total. The summed E-state index contributed by atoms with van der Waals surface area (Å²) in [4.78, 5) is 27.9. The Morgan fingerprint density at radius 1 is 1.09 bits per heavy atom. The SMILES string of the molecule is Cc1cc(C)cc(CSCC(=O)N(Cc2cccc(Br)c2)[C@H](C)C(=O)NC2CCCC2)c1. The molecular weight excluding hydrogens is 484 g/mol. The highest BCUT2D eigenvalue weighted by Gasteiger charge is 2.28. The first-order chi connectivity index (χ1) is 15.3. The van der Waals surface area contributed by atoms with Gasteiger partial charge in [0.05, 0.1) is 5.75 Å². The summed E-state index contributed by atoms with van der Waals surface area (Å²) in [5.41, 5.74) is 4.71. The lowest BCUT2D eigenvalue weighted by Crippen LogP contribution is -2.50. The number of thioether (sulfide) groups is 1. The Morgan fingerprint density at radius 3 is 2.44 bits per heavy atom. The van der Waals surface area contributed by atoms with Crippen molar-refractivity contribution >= 4 is 39.5 Å². The number of nitrogens with zero attached hydrogens (tertiary/aromatic N) is 1. The summed E-state index contributed by atoms with van der Waals surface area (Å²) < 4.78 is 0.967. The molecule has 0 spiro atoms. The van der Waals surface area contributed by atoms with Crippen LogP contribution in [0.15, 0.2) is 46.9 Å². The minimum Gasteiger partial charge on any atom is -0.352 e. The fourth-order valence-corrected chi connectivity index (χ4v) is 5.59. The fraction of sp³-hybridized carbons (Fsp3) is 0.462. The van der Waals surface area contributed by atoms with Crippen molar-refractivity contribution < 1.29 is 9.59 Å². The number of carbonyl (C=O) groups excluding carboxylic acids is 2. The van der Waals surface area contributed by atoms with Gasteiger partial charge in [-0.05, 0) is 56.9 Å². The molecule has 2 amide bonds. The summed E-state index contributed by atoms with van der Waals surface area (Å²) >= 11 is 5.11. The average Bonchev–Trinajstić information content (AvgIpc) is 3.24. The second-order valence-corrected chi connectivity index (χ2v) is 10.7. The fourth-order valence-electron chi connectivity index (χ4n) is 4.30. The van der Waals surface area contributed by atoms with Crippen molar-refractivity contribution in [2.24, 2.45) is 0 Å². The third-order valence-corrected chi connectivity index (χ3v) is 7.37. The van der Waals surface area contributed by atoms with E-state index >= 15 is 0 Å². The van der Waals surface area contributed by atoms with Crippen LogP contribution >= 0.6 is 27.7 Å². The third-order valence-electron chi connectivity index (χ3n) is 5.89. The summed E-state index contributed by atoms with van der Waals surface area (Å²) in [5, 5.41) is 3.16. The highest BCUT2D eigenvalue weighted by molar-refractivity contribution is 9.10. The van der Waals surface area contributed by atoms with Crippen molar-refractivity contribution in [3.8, 4) is 0 Å². The van der Waals surface area contributed by atoms with Crippen molar-refractivity contribution in [3.05, 3.63) is 69.2 Å². The van der Waals surface area contributed by atoms with Crippen LogP contribution < -0.4 is 5.32 Å². The minimum absolute atomic E-state index is 0.00609. The highest BCUT2D eigenvalue weighted by atomic mass is 79.9. The number of amides is 2. The molecule has 0 aliphatic heterocycles. The van der Waals surface area contributed by atoms with Gasteiger partial charge in [0, 0.05) is 22.8 Å². The molecule has 0 saturated heterocycles. The summed E-state index contributed by atoms with van der Waals surface area (Å²) in [6, 6.07) is 14.1. The predicted molar refractivity (Wildman–Crippen MR) is 137 cm³/mol. The van der Waals surface area contributed by atoms with Gasteiger partial charge < -0.3 is 10.2 Å². The number of aryl methyl sites for hydroxylation is 2. The molecule has 1 fully saturated rings. The molecule has 6 heteroatoms. The zero-order valence-corrected chi connectivity index (χ0v) is 21.6. The topological polar surface area (TPSA) is 49.4 Å². The maximum atomic E-state index is 13.3. The minimum atomic E-state index is -0.510. The van der Waals surface area contributed by atoms with Crippen molar-refractivity contribution in [3.63, 3.8) is 0 Å². The van der Waals surface area contributed by atoms with E-state index in [2.05, 4.69) is 53.3 Å². The van der Waals surface area contributed by atoms with E-state index in [4.69, 9.17) is 0 Å². The van der Waals surface area contributed by atoms with Crippen LogP contribution in [0.5, 0.6) is 0 Å². The molecule has 172 valence electrons. The summed E-state index contributed by atoms with van der Waals surface area (Å²) in [5.74, 6) is 1.07. The first kappa shape index (κ1) is 24.8. The van der Waals surface area contributed by atoms with E-state index in [1.807, 2.05) is 31.2 Å². The molecule has 32 heavy (non-hydrogen) atoms. The van der Waals surface area contributed by atoms with E-state index in [-0.39, 0.29) is 17.9 Å². The van der Waals surface area contributed by atoms with Gasteiger partial charge in [-0.25, -0.2) is 0 Å². The number of carbonyl (C=O) groups is 2. The molecule has 0 aromatic heterocycles. The normalized spacial score (nSPS) is 14.9. The number of nitrogens with one attached hydrogen (secondary N) is 1. The van der Waals surface area contributed by atoms with E-state index in [1.54, 1.807) is 16.7 Å². The van der Waals surface area contributed by atoms with Gasteiger partial charge >= 0.3 is 0 Å². The second kappa shape index (κ2) is 11.9. The van der Waals surface area contributed by atoms with E-state index in [0.717, 1.165) is 41.5 Å². The molecule has 1 atom stereocenters. The zero-order chi connectivity index (χ0) is 23.1. The van der Waals surface area contributed by atoms with Gasteiger partial charge in [-0.1, -0.05) is 70.2 Å². The maximum Gasteiger partial charge on any atom is 0.242 e. The number of rotatable bonds is 9. The van der Waals surface area contributed by atoms with Crippen LogP contribution in [0.1, 0.15) is 54.9 Å². The Kier molecular flexibility index (Phi) is 9.23. The van der Waals surface area contributed by atoms with Gasteiger partial charge in [-0.2, -0.15) is 0 Å². The van der Waals surface area contributed by atoms with E-state index in [1.165, 1.54) is 16.7 Å². The smallest absolute Gasteiger partial charge is 0.242 e. The lowest BCUT2D eigenvalue weighted by atomic mass is 10.1. The Balaban J connectivity index is 1.66. The molecule has 0 heterocycles. The van der Waals surface area contributed by atoms with Gasteiger partial charge in [0.25, 0.3) is 0 Å². The van der Waals surface area contributed by atoms with E-state index in [0.29, 0.717) is 12.3 Å². The van der Waals surface area contributed by atoms with Crippen molar-refractivity contribution in [2.45, 2.75) is 70.8 Å². The Morgan fingerprint density at radius 2 is 1.78 bits per heavy atom. The molecule has 1 saturated carbocycles. The van der Waals surface area contributed by atoms with Crippen molar-refractivity contribution in [1.82, 2.24) is 10.2 Å². The average molecular weight is 518 g/mol. The molecule has 3 rings (SSSR count). The number of hydrogen-bond donors (Lipinski definition) is 1. The number of hydrogen-bond acceptors (Lipinski definition) is 3. The van der Waals surface area contributed by atoms with Crippen LogP contribution in [-0.2, 0) is 21.9 Å². The molecule has 4 nitrogen and oxygen atoms in total. The van der Waals surface area contributed by atoms with Gasteiger partial charge in [0.2, 0.25) is 11.8 Å². The van der Waals surface area contributed by atoms with Crippen LogP contribution in [0, 0.1) is 13.8 Å². The standard InChI is InChI=1S/C26H33BrN2O2S/c1-18-11-19(2)13-22(12-18)16-32-17-25(30)29(15-21-7-6-8-23(27)14-21)20(3)26(31)28-24-9-4-5-10-24/h6-8,11-14,20,24H,4-5,9-10,15-17H2,1-3H3,(H,28,31)/t20-/m1/s1. The number of halogens is 1. The Labute approximate surface area is 204 Å². The monoisotopic (exact) mass is 516 g/mol. The molecule has 1 aliphatic carbocycles. The van der Waals surface area contributed by atoms with Gasteiger partial charge in [0.15, 0.2) is 0 Å². The predicted octanol–water partition coefficient (Wildman–Crippen LogP) is 5.78. The molecular formula is C26H33BrN2O2S. The first-order valence-corrected chi connectivity index (χ1v) is 13.3. The highest BCUT2D eigenvalue weighted by Crippen LogP contribution is 2.21.